The zero-order valence-electron chi connectivity index (χ0n) is 20.9. The lowest BCUT2D eigenvalue weighted by Crippen LogP contribution is -2.59. The molecule has 6 atom stereocenters. The van der Waals surface area contributed by atoms with E-state index < -0.39 is 41.1 Å². The molecule has 0 bridgehead atoms. The standard InChI is InChI=1S/C26H38N2O6/c1-16(2)14-18(15-29)28-21-23(31)27(17(3)4)12-9-11-26(21)19(22(28)30)20-24(32)33-13-8-6-7-10-25(20,5)34-26/h7,9-11,16-21,29H,6,8,12-15H2,1-5H3/b10-7-/t18-,19+,20-,21?,25+,26+/m1/s1. The smallest absolute Gasteiger partial charge is 0.313 e. The molecule has 1 unspecified atom stereocenters. The number of aliphatic hydroxyl groups is 1. The Morgan fingerprint density at radius 2 is 1.82 bits per heavy atom. The number of carbonyl (C=O) groups is 3. The fourth-order valence-electron chi connectivity index (χ4n) is 6.27. The van der Waals surface area contributed by atoms with Gasteiger partial charge < -0.3 is 24.4 Å². The van der Waals surface area contributed by atoms with E-state index in [-0.39, 0.29) is 37.0 Å². The highest BCUT2D eigenvalue weighted by molar-refractivity contribution is 5.99. The summed E-state index contributed by atoms with van der Waals surface area (Å²) in [4.78, 5) is 44.8. The molecule has 0 aromatic heterocycles. The second-order valence-corrected chi connectivity index (χ2v) is 10.9. The lowest BCUT2D eigenvalue weighted by Gasteiger charge is -2.41. The number of esters is 1. The number of hydrogen-bond acceptors (Lipinski definition) is 6. The Balaban J connectivity index is 1.90. The minimum absolute atomic E-state index is 0.0833. The molecule has 1 spiro atoms. The van der Waals surface area contributed by atoms with Crippen molar-refractivity contribution in [2.75, 3.05) is 19.8 Å². The van der Waals surface area contributed by atoms with Crippen LogP contribution in [0.3, 0.4) is 0 Å². The van der Waals surface area contributed by atoms with Gasteiger partial charge in [0.05, 0.1) is 30.8 Å². The Hall–Kier alpha value is -2.19. The van der Waals surface area contributed by atoms with Gasteiger partial charge in [-0.1, -0.05) is 38.2 Å². The summed E-state index contributed by atoms with van der Waals surface area (Å²) in [7, 11) is 0. The molecule has 2 saturated heterocycles. The van der Waals surface area contributed by atoms with Crippen LogP contribution in [0, 0.1) is 17.8 Å². The van der Waals surface area contributed by atoms with Gasteiger partial charge in [-0.25, -0.2) is 0 Å². The van der Waals surface area contributed by atoms with Crippen molar-refractivity contribution in [3.05, 3.63) is 24.3 Å². The van der Waals surface area contributed by atoms with Crippen LogP contribution >= 0.6 is 0 Å². The number of hydrogen-bond donors (Lipinski definition) is 1. The van der Waals surface area contributed by atoms with E-state index in [1.165, 1.54) is 4.90 Å². The fourth-order valence-corrected chi connectivity index (χ4v) is 6.27. The minimum Gasteiger partial charge on any atom is -0.465 e. The van der Waals surface area contributed by atoms with Crippen molar-refractivity contribution >= 4 is 17.8 Å². The molecule has 4 aliphatic rings. The van der Waals surface area contributed by atoms with Gasteiger partial charge in [0.25, 0.3) is 0 Å². The highest BCUT2D eigenvalue weighted by atomic mass is 16.6. The second kappa shape index (κ2) is 9.11. The lowest BCUT2D eigenvalue weighted by atomic mass is 9.74. The van der Waals surface area contributed by atoms with Crippen LogP contribution in [-0.2, 0) is 23.9 Å². The summed E-state index contributed by atoms with van der Waals surface area (Å²) in [6.45, 7) is 10.1. The summed E-state index contributed by atoms with van der Waals surface area (Å²) in [5.74, 6) is -2.62. The third kappa shape index (κ3) is 3.79. The number of rotatable bonds is 5. The van der Waals surface area contributed by atoms with Crippen LogP contribution in [0.15, 0.2) is 24.3 Å². The van der Waals surface area contributed by atoms with Crippen molar-refractivity contribution < 1.29 is 29.0 Å². The van der Waals surface area contributed by atoms with E-state index in [1.54, 1.807) is 4.90 Å². The van der Waals surface area contributed by atoms with Crippen LogP contribution in [-0.4, -0.2) is 81.8 Å². The topological polar surface area (TPSA) is 96.4 Å². The van der Waals surface area contributed by atoms with Crippen molar-refractivity contribution in [2.24, 2.45) is 17.8 Å². The molecule has 0 aromatic rings. The maximum absolute atomic E-state index is 14.2. The maximum Gasteiger partial charge on any atom is 0.313 e. The van der Waals surface area contributed by atoms with Gasteiger partial charge in [-0.3, -0.25) is 14.4 Å². The first-order valence-corrected chi connectivity index (χ1v) is 12.5. The van der Waals surface area contributed by atoms with E-state index in [4.69, 9.17) is 9.47 Å². The molecule has 4 aliphatic heterocycles. The first-order chi connectivity index (χ1) is 16.1. The van der Waals surface area contributed by atoms with Gasteiger partial charge in [-0.05, 0) is 46.0 Å². The van der Waals surface area contributed by atoms with E-state index in [0.29, 0.717) is 19.4 Å². The highest BCUT2D eigenvalue weighted by Gasteiger charge is 2.75. The molecule has 4 heterocycles. The number of aliphatic hydroxyl groups excluding tert-OH is 1. The molecule has 0 radical (unpaired) electrons. The Kier molecular flexibility index (Phi) is 6.68. The first kappa shape index (κ1) is 24.9. The van der Waals surface area contributed by atoms with Crippen LogP contribution in [0.5, 0.6) is 0 Å². The average Bonchev–Trinajstić information content (AvgIpc) is 3.11. The largest absolute Gasteiger partial charge is 0.465 e. The number of cyclic esters (lactones) is 1. The average molecular weight is 475 g/mol. The first-order valence-electron chi connectivity index (χ1n) is 12.5. The molecule has 0 aliphatic carbocycles. The second-order valence-electron chi connectivity index (χ2n) is 10.9. The summed E-state index contributed by atoms with van der Waals surface area (Å²) in [5, 5.41) is 10.3. The van der Waals surface area contributed by atoms with Crippen LogP contribution < -0.4 is 0 Å². The van der Waals surface area contributed by atoms with E-state index in [9.17, 15) is 19.5 Å². The molecule has 2 amide bonds. The monoisotopic (exact) mass is 474 g/mol. The predicted molar refractivity (Wildman–Crippen MR) is 125 cm³/mol. The van der Waals surface area contributed by atoms with Crippen molar-refractivity contribution in [2.45, 2.75) is 83.2 Å². The number of fused-ring (bicyclic) bond motifs is 2. The molecule has 0 saturated carbocycles. The number of carbonyl (C=O) groups excluding carboxylic acids is 3. The molecule has 34 heavy (non-hydrogen) atoms. The molecular weight excluding hydrogens is 436 g/mol. The third-order valence-corrected chi connectivity index (χ3v) is 7.69. The summed E-state index contributed by atoms with van der Waals surface area (Å²) in [5.41, 5.74) is -2.40. The zero-order valence-corrected chi connectivity index (χ0v) is 20.9. The van der Waals surface area contributed by atoms with Crippen molar-refractivity contribution in [3.8, 4) is 0 Å². The number of likely N-dealkylation sites (tertiary alicyclic amines) is 1. The Labute approximate surface area is 201 Å². The summed E-state index contributed by atoms with van der Waals surface area (Å²) >= 11 is 0. The molecule has 188 valence electrons. The van der Waals surface area contributed by atoms with E-state index >= 15 is 0 Å². The van der Waals surface area contributed by atoms with Crippen molar-refractivity contribution in [3.63, 3.8) is 0 Å². The van der Waals surface area contributed by atoms with Crippen LogP contribution in [0.1, 0.15) is 53.9 Å². The van der Waals surface area contributed by atoms with E-state index in [1.807, 2.05) is 58.9 Å². The van der Waals surface area contributed by atoms with Gasteiger partial charge in [-0.2, -0.15) is 0 Å². The van der Waals surface area contributed by atoms with Gasteiger partial charge in [0.15, 0.2) is 0 Å². The molecule has 4 rings (SSSR count). The van der Waals surface area contributed by atoms with E-state index in [2.05, 4.69) is 0 Å². The Morgan fingerprint density at radius 1 is 1.09 bits per heavy atom. The maximum atomic E-state index is 14.2. The molecule has 2 fully saturated rings. The molecule has 1 N–H and O–H groups in total. The molecule has 8 heteroatoms. The minimum atomic E-state index is -1.32. The normalized spacial score (nSPS) is 37.5. The van der Waals surface area contributed by atoms with Crippen molar-refractivity contribution in [1.82, 2.24) is 9.80 Å². The summed E-state index contributed by atoms with van der Waals surface area (Å²) in [6, 6.07) is -1.60. The SMILES string of the molecule is CC(C)C[C@H](CO)N1C(=O)[C@@H]2[C@@H]3C(=O)OCCC/C=C\[C@]3(C)O[C@@]23C=CCN(C(C)C)C(=O)C13. The van der Waals surface area contributed by atoms with Gasteiger partial charge >= 0.3 is 5.97 Å². The van der Waals surface area contributed by atoms with Gasteiger partial charge in [0.1, 0.15) is 17.6 Å². The van der Waals surface area contributed by atoms with Gasteiger partial charge in [-0.15, -0.1) is 0 Å². The van der Waals surface area contributed by atoms with Crippen LogP contribution in [0.4, 0.5) is 0 Å². The third-order valence-electron chi connectivity index (χ3n) is 7.69. The number of allylic oxidation sites excluding steroid dienone is 1. The van der Waals surface area contributed by atoms with E-state index in [0.717, 1.165) is 6.42 Å². The molecule has 8 nitrogen and oxygen atoms in total. The zero-order chi connectivity index (χ0) is 24.8. The molecule has 0 aromatic carbocycles. The van der Waals surface area contributed by atoms with Crippen LogP contribution in [0.2, 0.25) is 0 Å². The molecular formula is C26H38N2O6. The number of nitrogens with zero attached hydrogens (tertiary/aromatic N) is 2. The van der Waals surface area contributed by atoms with Gasteiger partial charge in [0, 0.05) is 12.6 Å². The fraction of sp³-hybridized carbons (Fsp3) is 0.731. The quantitative estimate of drug-likeness (QED) is 0.484. The lowest BCUT2D eigenvalue weighted by molar-refractivity contribution is -0.162. The summed E-state index contributed by atoms with van der Waals surface area (Å²) in [6.07, 6.45) is 9.52. The summed E-state index contributed by atoms with van der Waals surface area (Å²) < 4.78 is 12.3. The predicted octanol–water partition coefficient (Wildman–Crippen LogP) is 2.06. The Morgan fingerprint density at radius 3 is 2.47 bits per heavy atom. The number of amides is 2. The van der Waals surface area contributed by atoms with Gasteiger partial charge in [0.2, 0.25) is 11.8 Å². The highest BCUT2D eigenvalue weighted by Crippen LogP contribution is 2.57. The van der Waals surface area contributed by atoms with Crippen molar-refractivity contribution in [1.29, 1.82) is 0 Å². The van der Waals surface area contributed by atoms with Crippen LogP contribution in [0.25, 0.3) is 0 Å². The Bertz CT molecular complexity index is 898. The number of ether oxygens (including phenoxy) is 2.